The molecule has 2 rings (SSSR count). The van der Waals surface area contributed by atoms with E-state index in [1.807, 2.05) is 0 Å². The number of hydrogen-bond donors (Lipinski definition) is 0. The molecule has 0 saturated heterocycles. The van der Waals surface area contributed by atoms with Crippen LogP contribution in [-0.4, -0.2) is 0 Å². The lowest BCUT2D eigenvalue weighted by Crippen LogP contribution is -1.80. The molecule has 0 N–H and O–H groups in total. The molecule has 0 spiro atoms. The molecule has 0 aliphatic rings. The summed E-state index contributed by atoms with van der Waals surface area (Å²) in [5, 5.41) is 0. The van der Waals surface area contributed by atoms with Crippen LogP contribution in [0.25, 0.3) is 11.1 Å². The van der Waals surface area contributed by atoms with Crippen LogP contribution in [0, 0.1) is 5.82 Å². The van der Waals surface area contributed by atoms with Crippen LogP contribution in [0.4, 0.5) is 4.39 Å². The summed E-state index contributed by atoms with van der Waals surface area (Å²) in [6, 6.07) is 8.31. The molecular formula is C10H6BrFO. The van der Waals surface area contributed by atoms with Gasteiger partial charge in [0.05, 0.1) is 6.26 Å². The molecule has 1 aromatic carbocycles. The van der Waals surface area contributed by atoms with Crippen LogP contribution in [0.1, 0.15) is 0 Å². The van der Waals surface area contributed by atoms with Crippen LogP contribution < -0.4 is 0 Å². The largest absolute Gasteiger partial charge is 0.457 e. The lowest BCUT2D eigenvalue weighted by molar-refractivity contribution is 0.541. The van der Waals surface area contributed by atoms with Crippen molar-refractivity contribution in [3.8, 4) is 11.1 Å². The summed E-state index contributed by atoms with van der Waals surface area (Å²) in [5.41, 5.74) is 1.28. The van der Waals surface area contributed by atoms with Gasteiger partial charge in [0.2, 0.25) is 0 Å². The Balaban J connectivity index is 2.59. The Labute approximate surface area is 83.3 Å². The number of halogens is 2. The van der Waals surface area contributed by atoms with E-state index in [4.69, 9.17) is 4.42 Å². The third-order valence-electron chi connectivity index (χ3n) is 1.78. The van der Waals surface area contributed by atoms with Gasteiger partial charge >= 0.3 is 0 Å². The Morgan fingerprint density at radius 1 is 1.08 bits per heavy atom. The molecule has 1 heterocycles. The molecule has 66 valence electrons. The van der Waals surface area contributed by atoms with Crippen LogP contribution in [0.3, 0.4) is 0 Å². The van der Waals surface area contributed by atoms with Gasteiger partial charge in [-0.2, -0.15) is 0 Å². The third kappa shape index (κ3) is 1.52. The molecule has 13 heavy (non-hydrogen) atoms. The first kappa shape index (κ1) is 8.51. The molecule has 0 atom stereocenters. The fourth-order valence-electron chi connectivity index (χ4n) is 1.17. The lowest BCUT2D eigenvalue weighted by atomic mass is 10.1. The number of furan rings is 1. The second-order valence-electron chi connectivity index (χ2n) is 2.59. The fraction of sp³-hybridized carbons (Fsp3) is 0. The fourth-order valence-corrected chi connectivity index (χ4v) is 1.62. The van der Waals surface area contributed by atoms with Crippen molar-refractivity contribution in [3.05, 3.63) is 47.1 Å². The summed E-state index contributed by atoms with van der Waals surface area (Å²) in [5.74, 6) is -0.246. The van der Waals surface area contributed by atoms with E-state index >= 15 is 0 Å². The highest BCUT2D eigenvalue weighted by Gasteiger charge is 2.09. The molecule has 0 saturated carbocycles. The molecule has 0 radical (unpaired) electrons. The second kappa shape index (κ2) is 3.34. The van der Waals surface area contributed by atoms with Gasteiger partial charge in [-0.3, -0.25) is 0 Å². The van der Waals surface area contributed by atoms with Gasteiger partial charge in [0.25, 0.3) is 0 Å². The smallest absolute Gasteiger partial charge is 0.176 e. The molecule has 0 unspecified atom stereocenters. The Morgan fingerprint density at radius 3 is 2.46 bits per heavy atom. The van der Waals surface area contributed by atoms with E-state index < -0.39 is 0 Å². The monoisotopic (exact) mass is 240 g/mol. The summed E-state index contributed by atoms with van der Waals surface area (Å²) in [6.45, 7) is 0. The Hall–Kier alpha value is -1.09. The maximum atomic E-state index is 13.3. The Morgan fingerprint density at radius 2 is 1.85 bits per heavy atom. The van der Waals surface area contributed by atoms with Gasteiger partial charge < -0.3 is 4.42 Å². The third-order valence-corrected chi connectivity index (χ3v) is 2.40. The van der Waals surface area contributed by atoms with Gasteiger partial charge in [0.15, 0.2) is 4.67 Å². The summed E-state index contributed by atoms with van der Waals surface area (Å²) in [4.78, 5) is 0. The maximum absolute atomic E-state index is 13.3. The van der Waals surface area contributed by atoms with E-state index in [0.29, 0.717) is 10.2 Å². The van der Waals surface area contributed by atoms with E-state index in [2.05, 4.69) is 15.9 Å². The quantitative estimate of drug-likeness (QED) is 0.739. The lowest BCUT2D eigenvalue weighted by Gasteiger charge is -1.98. The topological polar surface area (TPSA) is 13.1 Å². The summed E-state index contributed by atoms with van der Waals surface area (Å²) in [7, 11) is 0. The predicted molar refractivity (Wildman–Crippen MR) is 51.8 cm³/mol. The van der Waals surface area contributed by atoms with Crippen LogP contribution in [-0.2, 0) is 0 Å². The highest BCUT2D eigenvalue weighted by Crippen LogP contribution is 2.30. The number of benzene rings is 1. The highest BCUT2D eigenvalue weighted by atomic mass is 79.9. The van der Waals surface area contributed by atoms with Crippen LogP contribution >= 0.6 is 15.9 Å². The van der Waals surface area contributed by atoms with Gasteiger partial charge in [0, 0.05) is 11.1 Å². The van der Waals surface area contributed by atoms with Crippen molar-refractivity contribution in [2.45, 2.75) is 0 Å². The Bertz CT molecular complexity index is 422. The van der Waals surface area contributed by atoms with Crippen molar-refractivity contribution in [1.82, 2.24) is 0 Å². The van der Waals surface area contributed by atoms with Crippen molar-refractivity contribution >= 4 is 15.9 Å². The molecule has 0 aliphatic carbocycles. The minimum atomic E-state index is -0.246. The molecule has 0 fully saturated rings. The van der Waals surface area contributed by atoms with Crippen molar-refractivity contribution in [2.75, 3.05) is 0 Å². The minimum absolute atomic E-state index is 0.246. The minimum Gasteiger partial charge on any atom is -0.457 e. The van der Waals surface area contributed by atoms with Gasteiger partial charge in [-0.05, 0) is 28.1 Å². The zero-order valence-electron chi connectivity index (χ0n) is 6.63. The standard InChI is InChI=1S/C10H6BrFO/c11-10-8(5-6-13-10)7-3-1-2-4-9(7)12/h1-6H. The molecule has 0 amide bonds. The summed E-state index contributed by atoms with van der Waals surface area (Å²) >= 11 is 3.20. The first-order chi connectivity index (χ1) is 6.29. The van der Waals surface area contributed by atoms with Crippen LogP contribution in [0.2, 0.25) is 0 Å². The van der Waals surface area contributed by atoms with E-state index in [1.54, 1.807) is 24.3 Å². The van der Waals surface area contributed by atoms with Gasteiger partial charge in [-0.1, -0.05) is 18.2 Å². The van der Waals surface area contributed by atoms with E-state index in [-0.39, 0.29) is 5.82 Å². The molecule has 1 aromatic heterocycles. The van der Waals surface area contributed by atoms with E-state index in [9.17, 15) is 4.39 Å². The van der Waals surface area contributed by atoms with Gasteiger partial charge in [-0.25, -0.2) is 4.39 Å². The zero-order valence-corrected chi connectivity index (χ0v) is 8.21. The average Bonchev–Trinajstić information content (AvgIpc) is 2.52. The van der Waals surface area contributed by atoms with Gasteiger partial charge in [0.1, 0.15) is 5.82 Å². The van der Waals surface area contributed by atoms with Crippen molar-refractivity contribution in [2.24, 2.45) is 0 Å². The average molecular weight is 241 g/mol. The zero-order chi connectivity index (χ0) is 9.26. The maximum Gasteiger partial charge on any atom is 0.176 e. The number of hydrogen-bond acceptors (Lipinski definition) is 1. The first-order valence-electron chi connectivity index (χ1n) is 3.77. The second-order valence-corrected chi connectivity index (χ2v) is 3.31. The normalized spacial score (nSPS) is 10.3. The first-order valence-corrected chi connectivity index (χ1v) is 4.56. The molecule has 0 aliphatic heterocycles. The van der Waals surface area contributed by atoms with Crippen molar-refractivity contribution < 1.29 is 8.81 Å². The van der Waals surface area contributed by atoms with Crippen molar-refractivity contribution in [3.63, 3.8) is 0 Å². The van der Waals surface area contributed by atoms with Crippen LogP contribution in [0.5, 0.6) is 0 Å². The Kier molecular flexibility index (Phi) is 2.19. The summed E-state index contributed by atoms with van der Waals surface area (Å²) < 4.78 is 18.8. The SMILES string of the molecule is Fc1ccccc1-c1ccoc1Br. The molecule has 1 nitrogen and oxygen atoms in total. The van der Waals surface area contributed by atoms with E-state index in [0.717, 1.165) is 5.56 Å². The molecular weight excluding hydrogens is 235 g/mol. The van der Waals surface area contributed by atoms with Crippen molar-refractivity contribution in [1.29, 1.82) is 0 Å². The summed E-state index contributed by atoms with van der Waals surface area (Å²) in [6.07, 6.45) is 1.52. The number of rotatable bonds is 1. The molecule has 0 bridgehead atoms. The highest BCUT2D eigenvalue weighted by molar-refractivity contribution is 9.10. The predicted octanol–water partition coefficient (Wildman–Crippen LogP) is 3.85. The van der Waals surface area contributed by atoms with Gasteiger partial charge in [-0.15, -0.1) is 0 Å². The van der Waals surface area contributed by atoms with Crippen LogP contribution in [0.15, 0.2) is 45.7 Å². The van der Waals surface area contributed by atoms with E-state index in [1.165, 1.54) is 12.3 Å². The molecule has 2 aromatic rings. The molecule has 3 heteroatoms.